The summed E-state index contributed by atoms with van der Waals surface area (Å²) in [6.07, 6.45) is 4.43. The van der Waals surface area contributed by atoms with Crippen LogP contribution in [0, 0.1) is 0 Å². The number of nitrogens with one attached hydrogen (secondary N) is 2. The summed E-state index contributed by atoms with van der Waals surface area (Å²) in [7, 11) is 1.65. The second kappa shape index (κ2) is 13.6. The van der Waals surface area contributed by atoms with Gasteiger partial charge in [0, 0.05) is 38.1 Å². The minimum Gasteiger partial charge on any atom is -0.490 e. The summed E-state index contributed by atoms with van der Waals surface area (Å²) in [5.41, 5.74) is 2.72. The molecule has 0 aliphatic heterocycles. The first-order valence-corrected chi connectivity index (χ1v) is 10.3. The third-order valence-corrected chi connectivity index (χ3v) is 4.65. The average molecular weight is 571 g/mol. The molecule has 3 aromatic rings. The molecule has 2 aromatic carbocycles. The van der Waals surface area contributed by atoms with E-state index in [1.54, 1.807) is 43.0 Å². The maximum Gasteiger partial charge on any atom is 0.387 e. The Morgan fingerprint density at radius 2 is 1.91 bits per heavy atom. The molecule has 0 fully saturated rings. The molecule has 0 atom stereocenters. The lowest BCUT2D eigenvalue weighted by Gasteiger charge is -2.17. The number of hydrogen-bond donors (Lipinski definition) is 2. The van der Waals surface area contributed by atoms with Crippen LogP contribution in [0.3, 0.4) is 0 Å². The molecule has 0 aliphatic carbocycles. The van der Waals surface area contributed by atoms with Crippen molar-refractivity contribution >= 4 is 29.9 Å². The Kier molecular flexibility index (Phi) is 10.9. The Morgan fingerprint density at radius 3 is 2.55 bits per heavy atom. The van der Waals surface area contributed by atoms with Crippen LogP contribution in [0.5, 0.6) is 11.5 Å². The Labute approximate surface area is 209 Å². The van der Waals surface area contributed by atoms with Gasteiger partial charge in [-0.2, -0.15) is 13.9 Å². The number of halogens is 3. The maximum absolute atomic E-state index is 12.9. The number of nitrogens with zero attached hydrogens (tertiary/aromatic N) is 3. The molecule has 1 aromatic heterocycles. The fraction of sp³-hybridized carbons (Fsp3) is 0.304. The fourth-order valence-corrected chi connectivity index (χ4v) is 3.15. The van der Waals surface area contributed by atoms with E-state index in [2.05, 4.69) is 32.9 Å². The summed E-state index contributed by atoms with van der Waals surface area (Å²) < 4.78 is 37.7. The zero-order valence-electron chi connectivity index (χ0n) is 18.5. The highest BCUT2D eigenvalue weighted by Crippen LogP contribution is 2.32. The van der Waals surface area contributed by atoms with Crippen molar-refractivity contribution in [2.75, 3.05) is 20.2 Å². The standard InChI is InChI=1S/C23H27F2N5O2.HI/c1-3-31-20-7-4-6-18(21(20)32-22(24)25)16-28-23(26-2)27-14-12-17-8-10-19(11-9-17)30-15-5-13-29-30;/h4-11,13,15,22H,3,12,14,16H2,1-2H3,(H2,26,27,28);1H. The molecule has 0 saturated carbocycles. The zero-order chi connectivity index (χ0) is 22.8. The van der Waals surface area contributed by atoms with Gasteiger partial charge in [0.05, 0.1) is 12.3 Å². The Bertz CT molecular complexity index is 999. The molecule has 3 rings (SSSR count). The summed E-state index contributed by atoms with van der Waals surface area (Å²) in [6.45, 7) is 0.102. The van der Waals surface area contributed by atoms with Gasteiger partial charge in [-0.1, -0.05) is 24.3 Å². The van der Waals surface area contributed by atoms with Crippen LogP contribution in [0.1, 0.15) is 18.1 Å². The van der Waals surface area contributed by atoms with Crippen molar-refractivity contribution in [1.29, 1.82) is 0 Å². The smallest absolute Gasteiger partial charge is 0.387 e. The molecule has 178 valence electrons. The normalized spacial score (nSPS) is 11.1. The van der Waals surface area contributed by atoms with Crippen molar-refractivity contribution < 1.29 is 18.3 Å². The van der Waals surface area contributed by atoms with E-state index in [1.165, 1.54) is 5.56 Å². The lowest BCUT2D eigenvalue weighted by molar-refractivity contribution is -0.0520. The predicted octanol–water partition coefficient (Wildman–Crippen LogP) is 4.40. The molecule has 7 nitrogen and oxygen atoms in total. The monoisotopic (exact) mass is 571 g/mol. The van der Waals surface area contributed by atoms with Crippen molar-refractivity contribution in [3.63, 3.8) is 0 Å². The van der Waals surface area contributed by atoms with E-state index in [4.69, 9.17) is 9.47 Å². The van der Waals surface area contributed by atoms with E-state index in [-0.39, 0.29) is 42.0 Å². The highest BCUT2D eigenvalue weighted by Gasteiger charge is 2.16. The van der Waals surface area contributed by atoms with E-state index < -0.39 is 6.61 Å². The van der Waals surface area contributed by atoms with Gasteiger partial charge in [0.1, 0.15) is 0 Å². The number of alkyl halides is 2. The predicted molar refractivity (Wildman–Crippen MR) is 135 cm³/mol. The van der Waals surface area contributed by atoms with Crippen LogP contribution in [0.4, 0.5) is 8.78 Å². The van der Waals surface area contributed by atoms with Crippen molar-refractivity contribution in [1.82, 2.24) is 20.4 Å². The molecular formula is C23H28F2IN5O2. The van der Waals surface area contributed by atoms with E-state index in [9.17, 15) is 8.78 Å². The van der Waals surface area contributed by atoms with E-state index in [1.807, 2.05) is 24.4 Å². The molecule has 2 N–H and O–H groups in total. The quantitative estimate of drug-likeness (QED) is 0.215. The first-order chi connectivity index (χ1) is 15.6. The summed E-state index contributed by atoms with van der Waals surface area (Å²) in [5, 5.41) is 10.6. The van der Waals surface area contributed by atoms with Gasteiger partial charge in [-0.15, -0.1) is 24.0 Å². The molecule has 0 amide bonds. The van der Waals surface area contributed by atoms with Crippen molar-refractivity contribution in [2.24, 2.45) is 4.99 Å². The second-order valence-electron chi connectivity index (χ2n) is 6.78. The lowest BCUT2D eigenvalue weighted by Crippen LogP contribution is -2.38. The van der Waals surface area contributed by atoms with Crippen molar-refractivity contribution in [2.45, 2.75) is 26.5 Å². The minimum absolute atomic E-state index is 0. The molecule has 0 unspecified atom stereocenters. The van der Waals surface area contributed by atoms with Crippen molar-refractivity contribution in [3.05, 3.63) is 72.1 Å². The van der Waals surface area contributed by atoms with Gasteiger partial charge in [-0.3, -0.25) is 4.99 Å². The van der Waals surface area contributed by atoms with Crippen LogP contribution in [0.2, 0.25) is 0 Å². The Balaban J connectivity index is 0.00000385. The fourth-order valence-electron chi connectivity index (χ4n) is 3.15. The highest BCUT2D eigenvalue weighted by atomic mass is 127. The van der Waals surface area contributed by atoms with Crippen molar-refractivity contribution in [3.8, 4) is 17.2 Å². The number of rotatable bonds is 10. The molecule has 0 saturated heterocycles. The Hall–Kier alpha value is -2.89. The molecule has 33 heavy (non-hydrogen) atoms. The minimum atomic E-state index is -2.94. The third-order valence-electron chi connectivity index (χ3n) is 4.65. The van der Waals surface area contributed by atoms with E-state index in [0.29, 0.717) is 24.7 Å². The molecule has 0 spiro atoms. The van der Waals surface area contributed by atoms with Gasteiger partial charge in [0.25, 0.3) is 0 Å². The van der Waals surface area contributed by atoms with Gasteiger partial charge in [-0.25, -0.2) is 4.68 Å². The molecule has 0 aliphatic rings. The number of guanidine groups is 1. The zero-order valence-corrected chi connectivity index (χ0v) is 20.8. The third kappa shape index (κ3) is 7.88. The van der Waals surface area contributed by atoms with Gasteiger partial charge in [-0.05, 0) is 43.2 Å². The molecular weight excluding hydrogens is 543 g/mol. The van der Waals surface area contributed by atoms with Crippen LogP contribution in [-0.2, 0) is 13.0 Å². The summed E-state index contributed by atoms with van der Waals surface area (Å²) in [6, 6.07) is 15.1. The number of para-hydroxylation sites is 1. The number of benzene rings is 2. The summed E-state index contributed by atoms with van der Waals surface area (Å²) >= 11 is 0. The highest BCUT2D eigenvalue weighted by molar-refractivity contribution is 14.0. The Morgan fingerprint density at radius 1 is 1.12 bits per heavy atom. The van der Waals surface area contributed by atoms with Gasteiger partial charge < -0.3 is 20.1 Å². The van der Waals surface area contributed by atoms with Crippen LogP contribution in [0.15, 0.2) is 65.9 Å². The number of ether oxygens (including phenoxy) is 2. The van der Waals surface area contributed by atoms with Gasteiger partial charge >= 0.3 is 6.61 Å². The summed E-state index contributed by atoms with van der Waals surface area (Å²) in [4.78, 5) is 4.19. The first-order valence-electron chi connectivity index (χ1n) is 10.3. The van der Waals surface area contributed by atoms with Crippen LogP contribution in [0.25, 0.3) is 5.69 Å². The number of aromatic nitrogens is 2. The molecule has 10 heteroatoms. The topological polar surface area (TPSA) is 72.7 Å². The molecule has 0 bridgehead atoms. The average Bonchev–Trinajstić information content (AvgIpc) is 3.33. The van der Waals surface area contributed by atoms with E-state index >= 15 is 0 Å². The van der Waals surface area contributed by atoms with Crippen LogP contribution in [-0.4, -0.2) is 42.6 Å². The number of aliphatic imine (C=N–C) groups is 1. The van der Waals surface area contributed by atoms with Crippen LogP contribution >= 0.6 is 24.0 Å². The lowest BCUT2D eigenvalue weighted by atomic mass is 10.1. The summed E-state index contributed by atoms with van der Waals surface area (Å²) in [5.74, 6) is 0.876. The molecule has 0 radical (unpaired) electrons. The second-order valence-corrected chi connectivity index (χ2v) is 6.78. The van der Waals surface area contributed by atoms with Gasteiger partial charge in [0.15, 0.2) is 17.5 Å². The van der Waals surface area contributed by atoms with Crippen LogP contribution < -0.4 is 20.1 Å². The SMILES string of the molecule is CCOc1cccc(CNC(=NC)NCCc2ccc(-n3cccn3)cc2)c1OC(F)F.I. The van der Waals surface area contributed by atoms with E-state index in [0.717, 1.165) is 12.1 Å². The first kappa shape index (κ1) is 26.4. The van der Waals surface area contributed by atoms with Gasteiger partial charge in [0.2, 0.25) is 0 Å². The number of hydrogen-bond acceptors (Lipinski definition) is 4. The largest absolute Gasteiger partial charge is 0.490 e. The maximum atomic E-state index is 12.9. The molecule has 1 heterocycles.